The molecule has 1 aromatic rings. The van der Waals surface area contributed by atoms with Crippen molar-refractivity contribution in [1.82, 2.24) is 20.1 Å². The lowest BCUT2D eigenvalue weighted by molar-refractivity contribution is 0.206. The zero-order chi connectivity index (χ0) is 13.2. The Kier molecular flexibility index (Phi) is 3.87. The zero-order valence-electron chi connectivity index (χ0n) is 12.2. The fourth-order valence-electron chi connectivity index (χ4n) is 3.33. The molecule has 0 radical (unpaired) electrons. The van der Waals surface area contributed by atoms with Gasteiger partial charge >= 0.3 is 0 Å². The van der Waals surface area contributed by atoms with E-state index >= 15 is 0 Å². The van der Waals surface area contributed by atoms with Gasteiger partial charge < -0.3 is 9.88 Å². The molecule has 0 saturated heterocycles. The van der Waals surface area contributed by atoms with Crippen molar-refractivity contribution in [2.75, 3.05) is 6.54 Å². The van der Waals surface area contributed by atoms with E-state index in [4.69, 9.17) is 0 Å². The van der Waals surface area contributed by atoms with Gasteiger partial charge in [-0.15, -0.1) is 10.2 Å². The summed E-state index contributed by atoms with van der Waals surface area (Å²) in [7, 11) is 0. The predicted octanol–water partition coefficient (Wildman–Crippen LogP) is 2.57. The van der Waals surface area contributed by atoms with Crippen molar-refractivity contribution in [3.05, 3.63) is 12.2 Å². The minimum absolute atomic E-state index is 0.691. The third kappa shape index (κ3) is 2.99. The summed E-state index contributed by atoms with van der Waals surface area (Å²) < 4.78 is 2.24. The van der Waals surface area contributed by atoms with E-state index in [9.17, 15) is 0 Å². The summed E-state index contributed by atoms with van der Waals surface area (Å²) in [5.41, 5.74) is 0. The Labute approximate surface area is 116 Å². The summed E-state index contributed by atoms with van der Waals surface area (Å²) in [6.07, 6.45) is 8.59. The van der Waals surface area contributed by atoms with E-state index in [1.54, 1.807) is 0 Å². The van der Waals surface area contributed by atoms with Crippen molar-refractivity contribution in [2.24, 2.45) is 11.8 Å². The molecule has 0 aliphatic heterocycles. The van der Waals surface area contributed by atoms with Gasteiger partial charge in [0.2, 0.25) is 0 Å². The second kappa shape index (κ2) is 5.61. The van der Waals surface area contributed by atoms with E-state index in [0.717, 1.165) is 24.9 Å². The molecule has 2 fully saturated rings. The largest absolute Gasteiger partial charge is 0.316 e. The summed E-state index contributed by atoms with van der Waals surface area (Å²) in [5.74, 6) is 3.56. The molecule has 0 aromatic carbocycles. The topological polar surface area (TPSA) is 42.7 Å². The van der Waals surface area contributed by atoms with Crippen molar-refractivity contribution in [3.8, 4) is 0 Å². The number of nitrogens with one attached hydrogen (secondary N) is 1. The van der Waals surface area contributed by atoms with Crippen molar-refractivity contribution in [1.29, 1.82) is 0 Å². The van der Waals surface area contributed by atoms with Gasteiger partial charge in [-0.25, -0.2) is 0 Å². The highest BCUT2D eigenvalue weighted by Crippen LogP contribution is 2.38. The number of rotatable bonds is 5. The van der Waals surface area contributed by atoms with Crippen molar-refractivity contribution < 1.29 is 0 Å². The van der Waals surface area contributed by atoms with E-state index in [-0.39, 0.29) is 0 Å². The van der Waals surface area contributed by atoms with Crippen LogP contribution in [0.25, 0.3) is 0 Å². The Morgan fingerprint density at radius 2 is 2.11 bits per heavy atom. The second-order valence-electron chi connectivity index (χ2n) is 6.48. The fraction of sp³-hybridized carbons (Fsp3) is 0.867. The van der Waals surface area contributed by atoms with Crippen molar-refractivity contribution >= 4 is 0 Å². The summed E-state index contributed by atoms with van der Waals surface area (Å²) >= 11 is 0. The van der Waals surface area contributed by atoms with E-state index < -0.39 is 0 Å². The lowest BCUT2D eigenvalue weighted by Crippen LogP contribution is -2.41. The van der Waals surface area contributed by atoms with Crippen molar-refractivity contribution in [2.45, 2.75) is 64.5 Å². The summed E-state index contributed by atoms with van der Waals surface area (Å²) in [5, 5.41) is 12.1. The second-order valence-corrected chi connectivity index (χ2v) is 6.48. The molecule has 1 aromatic heterocycles. The molecule has 4 nitrogen and oxygen atoms in total. The monoisotopic (exact) mass is 262 g/mol. The van der Waals surface area contributed by atoms with E-state index in [1.165, 1.54) is 37.9 Å². The molecule has 1 N–H and O–H groups in total. The maximum absolute atomic E-state index is 4.26. The molecule has 0 spiro atoms. The average Bonchev–Trinajstić information content (AvgIpc) is 3.15. The normalized spacial score (nSPS) is 31.6. The third-order valence-electron chi connectivity index (χ3n) is 5.05. The Morgan fingerprint density at radius 3 is 2.89 bits per heavy atom. The van der Waals surface area contributed by atoms with Crippen LogP contribution in [0.1, 0.15) is 57.7 Å². The van der Waals surface area contributed by atoms with Gasteiger partial charge in [-0.1, -0.05) is 26.7 Å². The Balaban J connectivity index is 1.48. The molecule has 0 bridgehead atoms. The summed E-state index contributed by atoms with van der Waals surface area (Å²) in [6.45, 7) is 6.84. The predicted molar refractivity (Wildman–Crippen MR) is 76.0 cm³/mol. The van der Waals surface area contributed by atoms with Crippen LogP contribution in [0.3, 0.4) is 0 Å². The first-order valence-corrected chi connectivity index (χ1v) is 7.87. The molecule has 19 heavy (non-hydrogen) atoms. The molecule has 0 amide bonds. The Morgan fingerprint density at radius 1 is 1.26 bits per heavy atom. The molecule has 1 heterocycles. The number of aromatic nitrogens is 3. The molecule has 2 aliphatic rings. The van der Waals surface area contributed by atoms with Crippen LogP contribution >= 0.6 is 0 Å². The minimum atomic E-state index is 0.691. The maximum atomic E-state index is 4.26. The van der Waals surface area contributed by atoms with Gasteiger partial charge in [0.25, 0.3) is 0 Å². The standard InChI is InChI=1S/C15H26N4/c1-11-4-3-5-14(12(11)2)16-8-9-19-10-17-18-15(19)13-6-7-13/h10-14,16H,3-9H2,1-2H3/t11-,12-,14+/m1/s1. The summed E-state index contributed by atoms with van der Waals surface area (Å²) in [6, 6.07) is 0.699. The third-order valence-corrected chi connectivity index (χ3v) is 5.05. The van der Waals surface area contributed by atoms with Crippen molar-refractivity contribution in [3.63, 3.8) is 0 Å². The molecule has 0 unspecified atom stereocenters. The van der Waals surface area contributed by atoms with Crippen LogP contribution < -0.4 is 5.32 Å². The van der Waals surface area contributed by atoms with Crippen LogP contribution in [0.5, 0.6) is 0 Å². The molecule has 3 rings (SSSR count). The molecule has 2 saturated carbocycles. The maximum Gasteiger partial charge on any atom is 0.135 e. The van der Waals surface area contributed by atoms with Gasteiger partial charge in [0.15, 0.2) is 0 Å². The van der Waals surface area contributed by atoms with Crippen LogP contribution in [0, 0.1) is 11.8 Å². The van der Waals surface area contributed by atoms with Crippen LogP contribution in [-0.2, 0) is 6.54 Å². The lowest BCUT2D eigenvalue weighted by Gasteiger charge is -2.34. The smallest absolute Gasteiger partial charge is 0.135 e. The zero-order valence-corrected chi connectivity index (χ0v) is 12.2. The number of hydrogen-bond donors (Lipinski definition) is 1. The van der Waals surface area contributed by atoms with Gasteiger partial charge in [0, 0.05) is 25.0 Å². The van der Waals surface area contributed by atoms with Crippen LogP contribution in [0.4, 0.5) is 0 Å². The first-order valence-electron chi connectivity index (χ1n) is 7.87. The van der Waals surface area contributed by atoms with Gasteiger partial charge in [-0.2, -0.15) is 0 Å². The molecular formula is C15H26N4. The quantitative estimate of drug-likeness (QED) is 0.887. The SMILES string of the molecule is C[C@@H]1[C@H](C)CCC[C@@H]1NCCn1cnnc1C1CC1. The van der Waals surface area contributed by atoms with E-state index in [1.807, 2.05) is 6.33 Å². The van der Waals surface area contributed by atoms with Gasteiger partial charge in [0.05, 0.1) is 0 Å². The molecule has 4 heteroatoms. The highest BCUT2D eigenvalue weighted by Gasteiger charge is 2.29. The van der Waals surface area contributed by atoms with E-state index in [0.29, 0.717) is 12.0 Å². The first kappa shape index (κ1) is 13.1. The highest BCUT2D eigenvalue weighted by atomic mass is 15.3. The summed E-state index contributed by atoms with van der Waals surface area (Å²) in [4.78, 5) is 0. The minimum Gasteiger partial charge on any atom is -0.316 e. The average molecular weight is 262 g/mol. The van der Waals surface area contributed by atoms with Crippen LogP contribution in [-0.4, -0.2) is 27.4 Å². The first-order chi connectivity index (χ1) is 9.25. The highest BCUT2D eigenvalue weighted by molar-refractivity contribution is 5.04. The molecule has 2 aliphatic carbocycles. The molecule has 3 atom stereocenters. The number of hydrogen-bond acceptors (Lipinski definition) is 3. The van der Waals surface area contributed by atoms with Gasteiger partial charge in [-0.05, 0) is 31.1 Å². The fourth-order valence-corrected chi connectivity index (χ4v) is 3.33. The molecular weight excluding hydrogens is 236 g/mol. The van der Waals surface area contributed by atoms with Gasteiger partial charge in [0.1, 0.15) is 12.2 Å². The Bertz CT molecular complexity index is 410. The Hall–Kier alpha value is -0.900. The number of nitrogens with zero attached hydrogens (tertiary/aromatic N) is 3. The van der Waals surface area contributed by atoms with Crippen LogP contribution in [0.15, 0.2) is 6.33 Å². The van der Waals surface area contributed by atoms with Gasteiger partial charge in [-0.3, -0.25) is 0 Å². The van der Waals surface area contributed by atoms with Crippen LogP contribution in [0.2, 0.25) is 0 Å². The van der Waals surface area contributed by atoms with E-state index in [2.05, 4.69) is 33.9 Å². The molecule has 106 valence electrons. The lowest BCUT2D eigenvalue weighted by atomic mass is 9.78.